The Hall–Kier alpha value is -2.74. The Kier molecular flexibility index (Phi) is 6.41. The van der Waals surface area contributed by atoms with Gasteiger partial charge in [0, 0.05) is 18.2 Å². The highest BCUT2D eigenvalue weighted by atomic mass is 32.2. The molecule has 8 heteroatoms. The third-order valence-electron chi connectivity index (χ3n) is 4.14. The van der Waals surface area contributed by atoms with E-state index in [1.165, 1.54) is 31.0 Å². The first-order valence-electron chi connectivity index (χ1n) is 8.54. The molecule has 0 bridgehead atoms. The maximum Gasteiger partial charge on any atom is 0.333 e. The zero-order chi connectivity index (χ0) is 20.1. The molecule has 0 radical (unpaired) electrons. The van der Waals surface area contributed by atoms with Crippen molar-refractivity contribution in [2.24, 2.45) is 4.99 Å². The number of aliphatic imine (C=N–C) groups is 1. The summed E-state index contributed by atoms with van der Waals surface area (Å²) in [5.74, 6) is -1.91. The molecule has 1 amide bonds. The van der Waals surface area contributed by atoms with Crippen LogP contribution in [0.25, 0.3) is 0 Å². The number of esters is 1. The van der Waals surface area contributed by atoms with Gasteiger partial charge in [-0.25, -0.2) is 13.6 Å². The molecule has 0 aliphatic carbocycles. The fourth-order valence-corrected chi connectivity index (χ4v) is 3.87. The van der Waals surface area contributed by atoms with Crippen LogP contribution in [0.15, 0.2) is 53.5 Å². The number of methoxy groups -OCH3 is 1. The van der Waals surface area contributed by atoms with E-state index < -0.39 is 35.6 Å². The second-order valence-electron chi connectivity index (χ2n) is 6.18. The van der Waals surface area contributed by atoms with Gasteiger partial charge in [-0.3, -0.25) is 9.79 Å². The van der Waals surface area contributed by atoms with Gasteiger partial charge in [0.05, 0.1) is 12.2 Å². The number of halogens is 2. The molecule has 0 fully saturated rings. The first-order valence-corrected chi connectivity index (χ1v) is 9.52. The van der Waals surface area contributed by atoms with E-state index >= 15 is 0 Å². The minimum atomic E-state index is -0.930. The van der Waals surface area contributed by atoms with Gasteiger partial charge in [-0.15, -0.1) is 11.8 Å². The lowest BCUT2D eigenvalue weighted by Gasteiger charge is -2.18. The van der Waals surface area contributed by atoms with Crippen molar-refractivity contribution < 1.29 is 23.1 Å². The fraction of sp³-hybridized carbons (Fsp3) is 0.250. The third kappa shape index (κ3) is 4.95. The first-order chi connectivity index (χ1) is 13.5. The molecule has 2 aromatic carbocycles. The van der Waals surface area contributed by atoms with Gasteiger partial charge >= 0.3 is 5.97 Å². The Morgan fingerprint density at radius 3 is 2.54 bits per heavy atom. The number of nitrogens with one attached hydrogen (secondary N) is 1. The number of ether oxygens (including phenoxy) is 1. The summed E-state index contributed by atoms with van der Waals surface area (Å²) < 4.78 is 31.4. The SMILES string of the molecule is COC(=O)C(NC(=O)C1CSC(Cc2cc(F)cc(F)c2)=N1)c1ccccc1. The highest BCUT2D eigenvalue weighted by Gasteiger charge is 2.30. The Balaban J connectivity index is 1.69. The number of hydrogen-bond acceptors (Lipinski definition) is 5. The van der Waals surface area contributed by atoms with Gasteiger partial charge in [-0.1, -0.05) is 30.3 Å². The molecular formula is C20H18F2N2O3S. The van der Waals surface area contributed by atoms with Crippen molar-refractivity contribution in [1.82, 2.24) is 5.32 Å². The largest absolute Gasteiger partial charge is 0.467 e. The van der Waals surface area contributed by atoms with Crippen LogP contribution in [0, 0.1) is 11.6 Å². The van der Waals surface area contributed by atoms with Crippen molar-refractivity contribution in [2.75, 3.05) is 12.9 Å². The molecule has 1 N–H and O–H groups in total. The van der Waals surface area contributed by atoms with Crippen LogP contribution in [-0.4, -0.2) is 35.8 Å². The Bertz CT molecular complexity index is 885. The third-order valence-corrected chi connectivity index (χ3v) is 5.21. The number of carbonyl (C=O) groups is 2. The molecule has 1 aliphatic rings. The standard InChI is InChI=1S/C20H18F2N2O3S/c1-27-20(26)18(13-5-3-2-4-6-13)24-19(25)16-11-28-17(23-16)9-12-7-14(21)10-15(22)8-12/h2-8,10,16,18H,9,11H2,1H3,(H,24,25). The van der Waals surface area contributed by atoms with E-state index in [-0.39, 0.29) is 6.42 Å². The molecule has 0 spiro atoms. The first kappa shape index (κ1) is 20.0. The molecule has 1 heterocycles. The molecule has 2 aromatic rings. The average Bonchev–Trinajstić information content (AvgIpc) is 3.13. The van der Waals surface area contributed by atoms with Crippen LogP contribution in [0.2, 0.25) is 0 Å². The van der Waals surface area contributed by atoms with E-state index in [2.05, 4.69) is 10.3 Å². The Morgan fingerprint density at radius 2 is 1.89 bits per heavy atom. The van der Waals surface area contributed by atoms with Crippen LogP contribution in [-0.2, 0) is 20.7 Å². The van der Waals surface area contributed by atoms with Crippen LogP contribution in [0.3, 0.4) is 0 Å². The van der Waals surface area contributed by atoms with Gasteiger partial charge in [0.2, 0.25) is 5.91 Å². The van der Waals surface area contributed by atoms with Crippen LogP contribution >= 0.6 is 11.8 Å². The number of hydrogen-bond donors (Lipinski definition) is 1. The molecule has 0 saturated carbocycles. The highest BCUT2D eigenvalue weighted by Crippen LogP contribution is 2.23. The summed E-state index contributed by atoms with van der Waals surface area (Å²) in [4.78, 5) is 29.0. The van der Waals surface area contributed by atoms with Gasteiger partial charge < -0.3 is 10.1 Å². The van der Waals surface area contributed by atoms with Crippen molar-refractivity contribution in [2.45, 2.75) is 18.5 Å². The molecular weight excluding hydrogens is 386 g/mol. The predicted octanol–water partition coefficient (Wildman–Crippen LogP) is 3.05. The summed E-state index contributed by atoms with van der Waals surface area (Å²) >= 11 is 1.35. The van der Waals surface area contributed by atoms with Crippen molar-refractivity contribution in [3.05, 3.63) is 71.3 Å². The molecule has 5 nitrogen and oxygen atoms in total. The van der Waals surface area contributed by atoms with Gasteiger partial charge in [-0.2, -0.15) is 0 Å². The monoisotopic (exact) mass is 404 g/mol. The van der Waals surface area contributed by atoms with Gasteiger partial charge in [0.15, 0.2) is 6.04 Å². The molecule has 2 unspecified atom stereocenters. The van der Waals surface area contributed by atoms with Gasteiger partial charge in [0.1, 0.15) is 17.7 Å². The smallest absolute Gasteiger partial charge is 0.333 e. The van der Waals surface area contributed by atoms with E-state index in [0.717, 1.165) is 6.07 Å². The van der Waals surface area contributed by atoms with E-state index in [9.17, 15) is 18.4 Å². The lowest BCUT2D eigenvalue weighted by atomic mass is 10.1. The molecule has 3 rings (SSSR count). The van der Waals surface area contributed by atoms with Crippen molar-refractivity contribution in [3.63, 3.8) is 0 Å². The van der Waals surface area contributed by atoms with E-state index in [1.807, 2.05) is 0 Å². The van der Waals surface area contributed by atoms with Crippen LogP contribution in [0.4, 0.5) is 8.78 Å². The molecule has 28 heavy (non-hydrogen) atoms. The molecule has 0 aromatic heterocycles. The van der Waals surface area contributed by atoms with Crippen molar-refractivity contribution >= 4 is 28.7 Å². The molecule has 2 atom stereocenters. The normalized spacial score (nSPS) is 17.0. The predicted molar refractivity (Wildman–Crippen MR) is 103 cm³/mol. The topological polar surface area (TPSA) is 67.8 Å². The fourth-order valence-electron chi connectivity index (χ4n) is 2.82. The number of carbonyl (C=O) groups excluding carboxylic acids is 2. The number of amides is 1. The second kappa shape index (κ2) is 8.97. The summed E-state index contributed by atoms with van der Waals surface area (Å²) in [6.07, 6.45) is 0.238. The highest BCUT2D eigenvalue weighted by molar-refractivity contribution is 8.14. The van der Waals surface area contributed by atoms with Gasteiger partial charge in [0.25, 0.3) is 0 Å². The quantitative estimate of drug-likeness (QED) is 0.752. The van der Waals surface area contributed by atoms with Crippen LogP contribution in [0.1, 0.15) is 17.2 Å². The Morgan fingerprint density at radius 1 is 1.21 bits per heavy atom. The van der Waals surface area contributed by atoms with Crippen molar-refractivity contribution in [1.29, 1.82) is 0 Å². The second-order valence-corrected chi connectivity index (χ2v) is 7.27. The molecule has 0 saturated heterocycles. The van der Waals surface area contributed by atoms with Crippen molar-refractivity contribution in [3.8, 4) is 0 Å². The summed E-state index contributed by atoms with van der Waals surface area (Å²) in [6, 6.07) is 10.4. The summed E-state index contributed by atoms with van der Waals surface area (Å²) in [7, 11) is 1.25. The Labute approximate surface area is 165 Å². The van der Waals surface area contributed by atoms with E-state index in [0.29, 0.717) is 21.9 Å². The average molecular weight is 404 g/mol. The zero-order valence-electron chi connectivity index (χ0n) is 15.0. The number of benzene rings is 2. The molecule has 1 aliphatic heterocycles. The lowest BCUT2D eigenvalue weighted by molar-refractivity contribution is -0.145. The van der Waals surface area contributed by atoms with E-state index in [1.54, 1.807) is 30.3 Å². The summed E-state index contributed by atoms with van der Waals surface area (Å²) in [5, 5.41) is 3.29. The maximum atomic E-state index is 13.3. The molecule has 146 valence electrons. The van der Waals surface area contributed by atoms with E-state index in [4.69, 9.17) is 4.74 Å². The maximum absolute atomic E-state index is 13.3. The van der Waals surface area contributed by atoms with Crippen LogP contribution in [0.5, 0.6) is 0 Å². The zero-order valence-corrected chi connectivity index (χ0v) is 15.8. The van der Waals surface area contributed by atoms with Crippen LogP contribution < -0.4 is 5.32 Å². The summed E-state index contributed by atoms with van der Waals surface area (Å²) in [5.41, 5.74) is 1.05. The summed E-state index contributed by atoms with van der Waals surface area (Å²) in [6.45, 7) is 0. The number of rotatable bonds is 6. The number of thioether (sulfide) groups is 1. The minimum absolute atomic E-state index is 0.238. The lowest BCUT2D eigenvalue weighted by Crippen LogP contribution is -2.40. The number of nitrogens with zero attached hydrogens (tertiary/aromatic N) is 1. The van der Waals surface area contributed by atoms with Gasteiger partial charge in [-0.05, 0) is 23.3 Å². The minimum Gasteiger partial charge on any atom is -0.467 e.